The summed E-state index contributed by atoms with van der Waals surface area (Å²) in [4.78, 5) is 2.19. The Kier molecular flexibility index (Phi) is 6.40. The van der Waals surface area contributed by atoms with Crippen molar-refractivity contribution in [2.75, 3.05) is 33.7 Å². The van der Waals surface area contributed by atoms with E-state index in [4.69, 9.17) is 10.2 Å². The first-order valence-electron chi connectivity index (χ1n) is 7.12. The lowest BCUT2D eigenvalue weighted by atomic mass is 10.2. The molecule has 0 saturated heterocycles. The van der Waals surface area contributed by atoms with Crippen LogP contribution in [0, 0.1) is 12.8 Å². The average molecular weight is 317 g/mol. The van der Waals surface area contributed by atoms with Gasteiger partial charge in [-0.15, -0.1) is 0 Å². The third-order valence-electron chi connectivity index (χ3n) is 3.11. The SMILES string of the molecule is Cc1oc(CN)cc1S(=O)(=O)N(CCN(C)C)CC(C)C. The van der Waals surface area contributed by atoms with E-state index >= 15 is 0 Å². The van der Waals surface area contributed by atoms with Crippen LogP contribution in [-0.2, 0) is 16.6 Å². The van der Waals surface area contributed by atoms with E-state index in [0.29, 0.717) is 31.2 Å². The second-order valence-electron chi connectivity index (χ2n) is 5.90. The third kappa shape index (κ3) is 4.81. The fourth-order valence-corrected chi connectivity index (χ4v) is 3.83. The van der Waals surface area contributed by atoms with E-state index in [2.05, 4.69) is 0 Å². The summed E-state index contributed by atoms with van der Waals surface area (Å²) < 4.78 is 32.6. The van der Waals surface area contributed by atoms with Gasteiger partial charge < -0.3 is 15.1 Å². The van der Waals surface area contributed by atoms with E-state index in [1.807, 2.05) is 32.8 Å². The van der Waals surface area contributed by atoms with Gasteiger partial charge in [-0.25, -0.2) is 8.42 Å². The van der Waals surface area contributed by atoms with Gasteiger partial charge in [-0.2, -0.15) is 4.31 Å². The molecule has 0 unspecified atom stereocenters. The maximum atomic E-state index is 12.8. The van der Waals surface area contributed by atoms with E-state index in [9.17, 15) is 8.42 Å². The lowest BCUT2D eigenvalue weighted by Gasteiger charge is -2.25. The van der Waals surface area contributed by atoms with Gasteiger partial charge in [0.15, 0.2) is 0 Å². The molecule has 0 atom stereocenters. The molecule has 122 valence electrons. The van der Waals surface area contributed by atoms with Crippen molar-refractivity contribution in [3.63, 3.8) is 0 Å². The Morgan fingerprint density at radius 2 is 1.90 bits per heavy atom. The summed E-state index contributed by atoms with van der Waals surface area (Å²) in [5, 5.41) is 0. The Bertz CT molecular complexity index is 550. The van der Waals surface area contributed by atoms with E-state index in [1.54, 1.807) is 6.92 Å². The van der Waals surface area contributed by atoms with Crippen LogP contribution in [-0.4, -0.2) is 51.4 Å². The largest absolute Gasteiger partial charge is 0.464 e. The van der Waals surface area contributed by atoms with Crippen molar-refractivity contribution in [3.8, 4) is 0 Å². The van der Waals surface area contributed by atoms with Gasteiger partial charge in [0, 0.05) is 25.7 Å². The van der Waals surface area contributed by atoms with Gasteiger partial charge >= 0.3 is 0 Å². The summed E-state index contributed by atoms with van der Waals surface area (Å²) in [5.74, 6) is 1.14. The Hall–Kier alpha value is -0.890. The van der Waals surface area contributed by atoms with Crippen molar-refractivity contribution < 1.29 is 12.8 Å². The molecule has 0 aliphatic rings. The second-order valence-corrected chi connectivity index (χ2v) is 7.80. The smallest absolute Gasteiger partial charge is 0.246 e. The molecule has 1 aromatic heterocycles. The molecular formula is C14H27N3O3S. The zero-order chi connectivity index (χ0) is 16.2. The van der Waals surface area contributed by atoms with Crippen molar-refractivity contribution >= 4 is 10.0 Å². The van der Waals surface area contributed by atoms with Gasteiger partial charge in [0.1, 0.15) is 16.4 Å². The summed E-state index contributed by atoms with van der Waals surface area (Å²) in [5.41, 5.74) is 5.52. The number of sulfonamides is 1. The molecule has 0 aliphatic heterocycles. The van der Waals surface area contributed by atoms with Crippen LogP contribution < -0.4 is 5.73 Å². The van der Waals surface area contributed by atoms with E-state index in [0.717, 1.165) is 0 Å². The monoisotopic (exact) mass is 317 g/mol. The van der Waals surface area contributed by atoms with Crippen LogP contribution in [0.1, 0.15) is 25.4 Å². The maximum absolute atomic E-state index is 12.8. The molecule has 0 fully saturated rings. The van der Waals surface area contributed by atoms with Gasteiger partial charge in [-0.3, -0.25) is 0 Å². The summed E-state index contributed by atoms with van der Waals surface area (Å²) >= 11 is 0. The fourth-order valence-electron chi connectivity index (χ4n) is 2.05. The Balaban J connectivity index is 3.09. The van der Waals surface area contributed by atoms with Crippen LogP contribution in [0.2, 0.25) is 0 Å². The minimum Gasteiger partial charge on any atom is -0.464 e. The topological polar surface area (TPSA) is 79.8 Å². The predicted octanol–water partition coefficient (Wildman–Crippen LogP) is 1.26. The highest BCUT2D eigenvalue weighted by molar-refractivity contribution is 7.89. The molecule has 21 heavy (non-hydrogen) atoms. The highest BCUT2D eigenvalue weighted by Gasteiger charge is 2.29. The lowest BCUT2D eigenvalue weighted by molar-refractivity contribution is 0.312. The van der Waals surface area contributed by atoms with E-state index in [-0.39, 0.29) is 17.4 Å². The van der Waals surface area contributed by atoms with Crippen molar-refractivity contribution in [3.05, 3.63) is 17.6 Å². The van der Waals surface area contributed by atoms with Gasteiger partial charge in [0.05, 0.1) is 6.54 Å². The predicted molar refractivity (Wildman–Crippen MR) is 83.5 cm³/mol. The van der Waals surface area contributed by atoms with Gasteiger partial charge in [0.2, 0.25) is 10.0 Å². The highest BCUT2D eigenvalue weighted by Crippen LogP contribution is 2.24. The molecule has 6 nitrogen and oxygen atoms in total. The Morgan fingerprint density at radius 1 is 1.29 bits per heavy atom. The lowest BCUT2D eigenvalue weighted by Crippen LogP contribution is -2.39. The molecule has 0 amide bonds. The molecule has 0 aliphatic carbocycles. The van der Waals surface area contributed by atoms with Crippen molar-refractivity contribution in [1.29, 1.82) is 0 Å². The number of rotatable bonds is 8. The summed E-state index contributed by atoms with van der Waals surface area (Å²) in [7, 11) is 0.298. The molecule has 0 spiro atoms. The van der Waals surface area contributed by atoms with Crippen molar-refractivity contribution in [2.24, 2.45) is 11.7 Å². The number of likely N-dealkylation sites (N-methyl/N-ethyl adjacent to an activating group) is 1. The molecule has 0 saturated carbocycles. The third-order valence-corrected chi connectivity index (χ3v) is 5.08. The van der Waals surface area contributed by atoms with Crippen LogP contribution in [0.5, 0.6) is 0 Å². The van der Waals surface area contributed by atoms with Gasteiger partial charge in [-0.1, -0.05) is 13.8 Å². The fraction of sp³-hybridized carbons (Fsp3) is 0.714. The number of nitrogens with two attached hydrogens (primary N) is 1. The number of hydrogen-bond donors (Lipinski definition) is 1. The standard InChI is InChI=1S/C14H27N3O3S/c1-11(2)10-17(7-6-16(4)5)21(18,19)14-8-13(9-15)20-12(14)3/h8,11H,6-7,9-10,15H2,1-5H3. The van der Waals surface area contributed by atoms with Crippen LogP contribution in [0.4, 0.5) is 0 Å². The molecular weight excluding hydrogens is 290 g/mol. The summed E-state index contributed by atoms with van der Waals surface area (Å²) in [6, 6.07) is 1.54. The average Bonchev–Trinajstić information content (AvgIpc) is 2.75. The summed E-state index contributed by atoms with van der Waals surface area (Å²) in [6.07, 6.45) is 0. The quantitative estimate of drug-likeness (QED) is 0.780. The molecule has 2 N–H and O–H groups in total. The minimum atomic E-state index is -3.55. The molecule has 0 radical (unpaired) electrons. The molecule has 0 aromatic carbocycles. The second kappa shape index (κ2) is 7.40. The van der Waals surface area contributed by atoms with Crippen LogP contribution in [0.25, 0.3) is 0 Å². The van der Waals surface area contributed by atoms with Gasteiger partial charge in [0.25, 0.3) is 0 Å². The number of furan rings is 1. The van der Waals surface area contributed by atoms with Crippen LogP contribution in [0.3, 0.4) is 0 Å². The molecule has 1 heterocycles. The molecule has 1 aromatic rings. The highest BCUT2D eigenvalue weighted by atomic mass is 32.2. The van der Waals surface area contributed by atoms with Crippen molar-refractivity contribution in [1.82, 2.24) is 9.21 Å². The minimum absolute atomic E-state index is 0.193. The Morgan fingerprint density at radius 3 is 2.33 bits per heavy atom. The van der Waals surface area contributed by atoms with Crippen LogP contribution >= 0.6 is 0 Å². The first-order valence-corrected chi connectivity index (χ1v) is 8.56. The van der Waals surface area contributed by atoms with Crippen LogP contribution in [0.15, 0.2) is 15.4 Å². The molecule has 7 heteroatoms. The van der Waals surface area contributed by atoms with Crippen molar-refractivity contribution in [2.45, 2.75) is 32.2 Å². The number of nitrogens with zero attached hydrogens (tertiary/aromatic N) is 2. The van der Waals surface area contributed by atoms with Gasteiger partial charge in [-0.05, 0) is 26.9 Å². The molecule has 0 bridgehead atoms. The summed E-state index contributed by atoms with van der Waals surface area (Å²) in [6.45, 7) is 7.47. The number of hydrogen-bond acceptors (Lipinski definition) is 5. The first-order chi connectivity index (χ1) is 9.68. The molecule has 1 rings (SSSR count). The zero-order valence-corrected chi connectivity index (χ0v) is 14.4. The normalized spacial score (nSPS) is 12.8. The first kappa shape index (κ1) is 18.2. The Labute approximate surface area is 127 Å². The maximum Gasteiger partial charge on any atom is 0.246 e. The number of aryl methyl sites for hydroxylation is 1. The van der Waals surface area contributed by atoms with E-state index in [1.165, 1.54) is 10.4 Å². The van der Waals surface area contributed by atoms with E-state index < -0.39 is 10.0 Å². The zero-order valence-electron chi connectivity index (χ0n) is 13.6.